The number of hydrogen-bond donors (Lipinski definition) is 0. The molecular formula is C10H17NOS. The van der Waals surface area contributed by atoms with Gasteiger partial charge in [-0.25, -0.2) is 0 Å². The van der Waals surface area contributed by atoms with E-state index in [0.29, 0.717) is 5.91 Å². The largest absolute Gasteiger partial charge is 0.331 e. The lowest BCUT2D eigenvalue weighted by Gasteiger charge is -2.46. The molecule has 2 nitrogen and oxygen atoms in total. The van der Waals surface area contributed by atoms with E-state index in [9.17, 15) is 4.79 Å². The van der Waals surface area contributed by atoms with Crippen molar-refractivity contribution in [2.45, 2.75) is 43.4 Å². The van der Waals surface area contributed by atoms with Gasteiger partial charge in [0.2, 0.25) is 5.91 Å². The van der Waals surface area contributed by atoms with Crippen LogP contribution in [-0.4, -0.2) is 28.5 Å². The fourth-order valence-electron chi connectivity index (χ4n) is 2.40. The van der Waals surface area contributed by atoms with Gasteiger partial charge in [0.25, 0.3) is 0 Å². The molecule has 1 amide bonds. The fraction of sp³-hybridized carbons (Fsp3) is 0.900. The maximum absolute atomic E-state index is 11.6. The topological polar surface area (TPSA) is 20.3 Å². The minimum absolute atomic E-state index is 0.188. The monoisotopic (exact) mass is 199 g/mol. The molecule has 0 N–H and O–H groups in total. The molecule has 2 rings (SSSR count). The second-order valence-corrected chi connectivity index (χ2v) is 5.51. The predicted molar refractivity (Wildman–Crippen MR) is 55.7 cm³/mol. The molecule has 1 saturated carbocycles. The van der Waals surface area contributed by atoms with E-state index in [1.54, 1.807) is 0 Å². The summed E-state index contributed by atoms with van der Waals surface area (Å²) in [6.45, 7) is 0. The van der Waals surface area contributed by atoms with E-state index in [4.69, 9.17) is 0 Å². The van der Waals surface area contributed by atoms with Gasteiger partial charge >= 0.3 is 0 Å². The molecule has 1 spiro atoms. The van der Waals surface area contributed by atoms with Gasteiger partial charge in [0, 0.05) is 19.2 Å². The van der Waals surface area contributed by atoms with Gasteiger partial charge in [-0.3, -0.25) is 4.79 Å². The standard InChI is InChI=1S/C10H17NOS/c1-11-9(12)5-8-13-10(11)6-3-2-4-7-10/h2-8H2,1H3. The van der Waals surface area contributed by atoms with Crippen molar-refractivity contribution in [2.24, 2.45) is 0 Å². The van der Waals surface area contributed by atoms with Crippen LogP contribution >= 0.6 is 11.8 Å². The van der Waals surface area contributed by atoms with Crippen LogP contribution in [0.3, 0.4) is 0 Å². The van der Waals surface area contributed by atoms with Gasteiger partial charge in [-0.05, 0) is 12.8 Å². The number of carbonyl (C=O) groups is 1. The molecule has 2 fully saturated rings. The minimum Gasteiger partial charge on any atom is -0.331 e. The first kappa shape index (κ1) is 9.38. The molecule has 0 aromatic heterocycles. The van der Waals surface area contributed by atoms with Crippen molar-refractivity contribution in [2.75, 3.05) is 12.8 Å². The molecule has 3 heteroatoms. The Morgan fingerprint density at radius 3 is 2.69 bits per heavy atom. The number of amides is 1. The van der Waals surface area contributed by atoms with Crippen LogP contribution in [0.25, 0.3) is 0 Å². The number of nitrogens with zero attached hydrogens (tertiary/aromatic N) is 1. The van der Waals surface area contributed by atoms with Gasteiger partial charge in [-0.1, -0.05) is 19.3 Å². The Hall–Kier alpha value is -0.180. The van der Waals surface area contributed by atoms with Crippen molar-refractivity contribution >= 4 is 17.7 Å². The first-order chi connectivity index (χ1) is 6.25. The lowest BCUT2D eigenvalue weighted by atomic mass is 9.93. The molecule has 74 valence electrons. The third kappa shape index (κ3) is 1.58. The van der Waals surface area contributed by atoms with E-state index in [1.165, 1.54) is 32.1 Å². The quantitative estimate of drug-likeness (QED) is 0.596. The average Bonchev–Trinajstić information content (AvgIpc) is 2.16. The normalized spacial score (nSPS) is 28.1. The van der Waals surface area contributed by atoms with Gasteiger partial charge in [0.15, 0.2) is 0 Å². The van der Waals surface area contributed by atoms with Crippen LogP contribution < -0.4 is 0 Å². The van der Waals surface area contributed by atoms with E-state index in [1.807, 2.05) is 23.7 Å². The number of rotatable bonds is 0. The van der Waals surface area contributed by atoms with Crippen molar-refractivity contribution in [1.82, 2.24) is 4.90 Å². The minimum atomic E-state index is 0.188. The van der Waals surface area contributed by atoms with Gasteiger partial charge in [0.1, 0.15) is 0 Å². The van der Waals surface area contributed by atoms with E-state index < -0.39 is 0 Å². The Bertz CT molecular complexity index is 205. The molecule has 0 aromatic rings. The number of hydrogen-bond acceptors (Lipinski definition) is 2. The van der Waals surface area contributed by atoms with E-state index >= 15 is 0 Å². The van der Waals surface area contributed by atoms with Crippen molar-refractivity contribution in [1.29, 1.82) is 0 Å². The highest BCUT2D eigenvalue weighted by Crippen LogP contribution is 2.44. The van der Waals surface area contributed by atoms with Gasteiger partial charge < -0.3 is 4.90 Å². The molecule has 1 aliphatic carbocycles. The second-order valence-electron chi connectivity index (χ2n) is 4.06. The third-order valence-corrected chi connectivity index (χ3v) is 4.93. The fourth-order valence-corrected chi connectivity index (χ4v) is 3.93. The zero-order chi connectivity index (χ0) is 9.31. The highest BCUT2D eigenvalue weighted by molar-refractivity contribution is 8.00. The van der Waals surface area contributed by atoms with E-state index in [0.717, 1.165) is 12.2 Å². The molecule has 0 radical (unpaired) electrons. The Balaban J connectivity index is 2.13. The number of thioether (sulfide) groups is 1. The average molecular weight is 199 g/mol. The van der Waals surface area contributed by atoms with Gasteiger partial charge in [0.05, 0.1) is 4.87 Å². The zero-order valence-corrected chi connectivity index (χ0v) is 9.03. The Morgan fingerprint density at radius 2 is 2.00 bits per heavy atom. The predicted octanol–water partition coefficient (Wildman–Crippen LogP) is 2.24. The van der Waals surface area contributed by atoms with Crippen molar-refractivity contribution < 1.29 is 4.79 Å². The Labute approximate surface area is 84.1 Å². The van der Waals surface area contributed by atoms with E-state index in [2.05, 4.69) is 0 Å². The Kier molecular flexibility index (Phi) is 2.54. The SMILES string of the molecule is CN1C(=O)CCSC12CCCCC2. The summed E-state index contributed by atoms with van der Waals surface area (Å²) in [4.78, 5) is 13.8. The summed E-state index contributed by atoms with van der Waals surface area (Å²) < 4.78 is 0. The summed E-state index contributed by atoms with van der Waals surface area (Å²) in [6.07, 6.45) is 7.10. The van der Waals surface area contributed by atoms with Crippen LogP contribution in [0.5, 0.6) is 0 Å². The lowest BCUT2D eigenvalue weighted by Crippen LogP contribution is -2.51. The van der Waals surface area contributed by atoms with Crippen LogP contribution in [-0.2, 0) is 4.79 Å². The molecule has 0 unspecified atom stereocenters. The van der Waals surface area contributed by atoms with Crippen molar-refractivity contribution in [3.05, 3.63) is 0 Å². The summed E-state index contributed by atoms with van der Waals surface area (Å²) in [5.74, 6) is 1.38. The van der Waals surface area contributed by atoms with E-state index in [-0.39, 0.29) is 4.87 Å². The van der Waals surface area contributed by atoms with Crippen LogP contribution in [0.2, 0.25) is 0 Å². The van der Waals surface area contributed by atoms with Crippen LogP contribution in [0.15, 0.2) is 0 Å². The van der Waals surface area contributed by atoms with Crippen molar-refractivity contribution in [3.63, 3.8) is 0 Å². The summed E-state index contributed by atoms with van der Waals surface area (Å²) in [6, 6.07) is 0. The lowest BCUT2D eigenvalue weighted by molar-refractivity contribution is -0.133. The van der Waals surface area contributed by atoms with Crippen LogP contribution in [0.1, 0.15) is 38.5 Å². The maximum atomic E-state index is 11.6. The number of carbonyl (C=O) groups excluding carboxylic acids is 1. The molecule has 0 atom stereocenters. The molecule has 1 aliphatic heterocycles. The molecule has 2 aliphatic rings. The summed E-state index contributed by atoms with van der Waals surface area (Å²) >= 11 is 2.00. The first-order valence-corrected chi connectivity index (χ1v) is 6.14. The molecule has 0 aromatic carbocycles. The summed E-state index contributed by atoms with van der Waals surface area (Å²) in [5, 5.41) is 0. The van der Waals surface area contributed by atoms with Crippen LogP contribution in [0.4, 0.5) is 0 Å². The van der Waals surface area contributed by atoms with Crippen molar-refractivity contribution in [3.8, 4) is 0 Å². The highest BCUT2D eigenvalue weighted by atomic mass is 32.2. The molecule has 1 heterocycles. The molecule has 0 bridgehead atoms. The zero-order valence-electron chi connectivity index (χ0n) is 8.21. The second kappa shape index (κ2) is 3.52. The van der Waals surface area contributed by atoms with Crippen LogP contribution in [0, 0.1) is 0 Å². The summed E-state index contributed by atoms with van der Waals surface area (Å²) in [5.41, 5.74) is 0. The molecule has 1 saturated heterocycles. The maximum Gasteiger partial charge on any atom is 0.224 e. The van der Waals surface area contributed by atoms with Gasteiger partial charge in [-0.15, -0.1) is 11.8 Å². The molecular weight excluding hydrogens is 182 g/mol. The summed E-state index contributed by atoms with van der Waals surface area (Å²) in [7, 11) is 1.99. The Morgan fingerprint density at radius 1 is 1.31 bits per heavy atom. The van der Waals surface area contributed by atoms with Gasteiger partial charge in [-0.2, -0.15) is 0 Å². The first-order valence-electron chi connectivity index (χ1n) is 5.15. The highest BCUT2D eigenvalue weighted by Gasteiger charge is 2.41. The smallest absolute Gasteiger partial charge is 0.224 e. The molecule has 13 heavy (non-hydrogen) atoms. The third-order valence-electron chi connectivity index (χ3n) is 3.31.